The molecule has 0 aliphatic rings. The van der Waals surface area contributed by atoms with Gasteiger partial charge in [0, 0.05) is 6.08 Å². The zero-order valence-corrected chi connectivity index (χ0v) is 6.97. The quantitative estimate of drug-likeness (QED) is 0.336. The van der Waals surface area contributed by atoms with Crippen molar-refractivity contribution in [2.24, 2.45) is 0 Å². The largest absolute Gasteiger partial charge is 0.401 e. The van der Waals surface area contributed by atoms with Gasteiger partial charge in [0.1, 0.15) is 0 Å². The smallest absolute Gasteiger partial charge is 0.389 e. The van der Waals surface area contributed by atoms with E-state index in [1.165, 1.54) is 0 Å². The Labute approximate surface area is 77.0 Å². The first-order chi connectivity index (χ1) is 6.16. The second kappa shape index (κ2) is 4.41. The second-order valence-corrected chi connectivity index (χ2v) is 2.43. The third-order valence-electron chi connectivity index (χ3n) is 1.14. The van der Waals surface area contributed by atoms with E-state index in [2.05, 4.69) is 11.3 Å². The van der Waals surface area contributed by atoms with Crippen LogP contribution in [0, 0.1) is 0 Å². The van der Waals surface area contributed by atoms with Crippen molar-refractivity contribution in [2.75, 3.05) is 0 Å². The summed E-state index contributed by atoms with van der Waals surface area (Å²) in [5.41, 5.74) is 0. The monoisotopic (exact) mass is 216 g/mol. The van der Waals surface area contributed by atoms with E-state index in [1.807, 2.05) is 0 Å². The summed E-state index contributed by atoms with van der Waals surface area (Å²) in [6, 6.07) is -3.61. The first kappa shape index (κ1) is 12.9. The minimum absolute atomic E-state index is 0.526. The molecule has 0 bridgehead atoms. The zero-order chi connectivity index (χ0) is 11.4. The van der Waals surface area contributed by atoms with E-state index in [-0.39, 0.29) is 0 Å². The van der Waals surface area contributed by atoms with Crippen molar-refractivity contribution >= 4 is 5.97 Å². The van der Waals surface area contributed by atoms with Gasteiger partial charge in [0.15, 0.2) is 0 Å². The number of carbonyl (C=O) groups excluding carboxylic acids is 1. The Balaban J connectivity index is 4.07. The van der Waals surface area contributed by atoms with Gasteiger partial charge in [0.05, 0.1) is 12.8 Å². The van der Waals surface area contributed by atoms with Crippen LogP contribution < -0.4 is 0 Å². The lowest BCUT2D eigenvalue weighted by Crippen LogP contribution is -2.30. The molecule has 0 radical (unpaired) electrons. The molecule has 0 aliphatic heterocycles. The molecule has 0 spiro atoms. The van der Waals surface area contributed by atoms with E-state index in [9.17, 15) is 22.4 Å². The molecular formula is C7H8F4O3. The van der Waals surface area contributed by atoms with Gasteiger partial charge in [-0.3, -0.25) is 0 Å². The minimum Gasteiger partial charge on any atom is -0.401 e. The number of hydrogen-bond donors (Lipinski definition) is 1. The van der Waals surface area contributed by atoms with Gasteiger partial charge >= 0.3 is 18.2 Å². The first-order valence-corrected chi connectivity index (χ1v) is 3.50. The van der Waals surface area contributed by atoms with Gasteiger partial charge in [0.25, 0.3) is 0 Å². The number of aliphatic hydroxyl groups is 1. The molecular weight excluding hydrogens is 208 g/mol. The molecule has 0 aliphatic carbocycles. The molecule has 1 unspecified atom stereocenters. The summed E-state index contributed by atoms with van der Waals surface area (Å²) in [6.07, 6.45) is -7.06. The number of hydrogen-bond acceptors (Lipinski definition) is 3. The predicted octanol–water partition coefficient (Wildman–Crippen LogP) is 1.67. The maximum atomic E-state index is 12.6. The molecule has 3 nitrogen and oxygen atoms in total. The van der Waals surface area contributed by atoms with Crippen molar-refractivity contribution in [3.05, 3.63) is 12.7 Å². The van der Waals surface area contributed by atoms with Crippen molar-refractivity contribution in [1.29, 1.82) is 0 Å². The van der Waals surface area contributed by atoms with E-state index < -0.39 is 31.0 Å². The third-order valence-corrected chi connectivity index (χ3v) is 1.14. The first-order valence-electron chi connectivity index (χ1n) is 3.50. The summed E-state index contributed by atoms with van der Waals surface area (Å²) in [5.74, 6) is -1.34. The number of rotatable bonds is 4. The molecule has 0 aromatic carbocycles. The molecule has 0 amide bonds. The van der Waals surface area contributed by atoms with Gasteiger partial charge in [-0.25, -0.2) is 4.79 Å². The number of alkyl halides is 4. The normalized spacial score (nSPS) is 15.8. The van der Waals surface area contributed by atoms with Crippen molar-refractivity contribution in [1.82, 2.24) is 0 Å². The predicted molar refractivity (Wildman–Crippen MR) is 37.6 cm³/mol. The highest BCUT2D eigenvalue weighted by molar-refractivity contribution is 5.81. The Morgan fingerprint density at radius 1 is 1.36 bits per heavy atom. The van der Waals surface area contributed by atoms with E-state index in [0.717, 1.165) is 0 Å². The van der Waals surface area contributed by atoms with Crippen LogP contribution in [0.2, 0.25) is 0 Å². The Hall–Kier alpha value is -1.11. The Bertz CT molecular complexity index is 221. The highest BCUT2D eigenvalue weighted by Gasteiger charge is 2.37. The van der Waals surface area contributed by atoms with Gasteiger partial charge < -0.3 is 9.84 Å². The molecule has 1 N–H and O–H groups in total. The summed E-state index contributed by atoms with van der Waals surface area (Å²) >= 11 is 0. The van der Waals surface area contributed by atoms with E-state index in [0.29, 0.717) is 6.08 Å². The lowest BCUT2D eigenvalue weighted by Gasteiger charge is -2.18. The van der Waals surface area contributed by atoms with Crippen LogP contribution in [0.1, 0.15) is 12.8 Å². The van der Waals surface area contributed by atoms with Crippen molar-refractivity contribution in [2.45, 2.75) is 25.1 Å². The molecule has 0 aromatic heterocycles. The highest BCUT2D eigenvalue weighted by Crippen LogP contribution is 2.27. The third kappa shape index (κ3) is 6.41. The number of carbonyl (C=O) groups is 1. The van der Waals surface area contributed by atoms with Crippen LogP contribution in [0.3, 0.4) is 0 Å². The van der Waals surface area contributed by atoms with Crippen molar-refractivity contribution in [3.63, 3.8) is 0 Å². The van der Waals surface area contributed by atoms with Gasteiger partial charge in [0.2, 0.25) is 0 Å². The van der Waals surface area contributed by atoms with Crippen LogP contribution in [0.15, 0.2) is 12.7 Å². The lowest BCUT2D eigenvalue weighted by molar-refractivity contribution is -0.284. The number of esters is 1. The van der Waals surface area contributed by atoms with Crippen LogP contribution in [0.25, 0.3) is 0 Å². The van der Waals surface area contributed by atoms with E-state index >= 15 is 0 Å². The average Bonchev–Trinajstić information content (AvgIpc) is 1.99. The van der Waals surface area contributed by atoms with E-state index in [1.54, 1.807) is 0 Å². The summed E-state index contributed by atoms with van der Waals surface area (Å²) in [5, 5.41) is 8.52. The van der Waals surface area contributed by atoms with Crippen molar-refractivity contribution in [3.8, 4) is 0 Å². The number of ether oxygens (including phenoxy) is 1. The summed E-state index contributed by atoms with van der Waals surface area (Å²) in [7, 11) is 0. The fourth-order valence-electron chi connectivity index (χ4n) is 0.543. The minimum atomic E-state index is -4.62. The van der Waals surface area contributed by atoms with Crippen LogP contribution >= 0.6 is 0 Å². The lowest BCUT2D eigenvalue weighted by atomic mass is 10.3. The zero-order valence-electron chi connectivity index (χ0n) is 6.97. The molecule has 1 atom stereocenters. The topological polar surface area (TPSA) is 46.5 Å². The fourth-order valence-corrected chi connectivity index (χ4v) is 0.543. The Kier molecular flexibility index (Phi) is 4.06. The highest BCUT2D eigenvalue weighted by atomic mass is 19.4. The van der Waals surface area contributed by atoms with Crippen LogP contribution in [0.5, 0.6) is 0 Å². The van der Waals surface area contributed by atoms with Crippen molar-refractivity contribution < 1.29 is 32.2 Å². The molecule has 82 valence electrons. The van der Waals surface area contributed by atoms with Crippen LogP contribution in [-0.2, 0) is 9.53 Å². The van der Waals surface area contributed by atoms with Gasteiger partial charge in [-0.1, -0.05) is 6.58 Å². The molecule has 0 rings (SSSR count). The summed E-state index contributed by atoms with van der Waals surface area (Å²) in [6.45, 7) is 2.88. The van der Waals surface area contributed by atoms with Gasteiger partial charge in [-0.15, -0.1) is 0 Å². The Morgan fingerprint density at radius 2 is 1.86 bits per heavy atom. The standard InChI is InChI=1S/C7H8F4O3/c1-2-5(12)14-7(11,13)4-3-6(8,9)10/h2,13H,1,3-4H2. The molecule has 0 fully saturated rings. The van der Waals surface area contributed by atoms with Crippen LogP contribution in [0.4, 0.5) is 17.6 Å². The summed E-state index contributed by atoms with van der Waals surface area (Å²) in [4.78, 5) is 10.3. The van der Waals surface area contributed by atoms with Gasteiger partial charge in [-0.05, 0) is 0 Å². The molecule has 0 heterocycles. The molecule has 14 heavy (non-hydrogen) atoms. The SMILES string of the molecule is C=CC(=O)OC(O)(F)CCC(F)(F)F. The van der Waals surface area contributed by atoms with Gasteiger partial charge in [-0.2, -0.15) is 17.6 Å². The fraction of sp³-hybridized carbons (Fsp3) is 0.571. The number of halogens is 4. The van der Waals surface area contributed by atoms with Crippen LogP contribution in [-0.4, -0.2) is 23.3 Å². The maximum absolute atomic E-state index is 12.6. The molecule has 0 saturated carbocycles. The molecule has 7 heteroatoms. The maximum Gasteiger partial charge on any atom is 0.389 e. The van der Waals surface area contributed by atoms with E-state index in [4.69, 9.17) is 5.11 Å². The molecule has 0 aromatic rings. The Morgan fingerprint density at radius 3 is 2.21 bits per heavy atom. The average molecular weight is 216 g/mol. The molecule has 0 saturated heterocycles. The summed E-state index contributed by atoms with van der Waals surface area (Å²) < 4.78 is 50.9. The second-order valence-electron chi connectivity index (χ2n) is 2.43.